The normalized spacial score (nSPS) is 25.9. The van der Waals surface area contributed by atoms with E-state index >= 15 is 0 Å². The Hall–Kier alpha value is -1.63. The van der Waals surface area contributed by atoms with Crippen molar-refractivity contribution in [1.82, 2.24) is 20.0 Å². The van der Waals surface area contributed by atoms with E-state index in [1.807, 2.05) is 0 Å². The molecule has 2 saturated heterocycles. The highest BCUT2D eigenvalue weighted by molar-refractivity contribution is 5.98. The van der Waals surface area contributed by atoms with Crippen molar-refractivity contribution in [2.75, 3.05) is 52.4 Å². The van der Waals surface area contributed by atoms with Crippen molar-refractivity contribution in [2.24, 2.45) is 10.4 Å². The lowest BCUT2D eigenvalue weighted by Gasteiger charge is -2.38. The maximum atomic E-state index is 12.5. The zero-order valence-electron chi connectivity index (χ0n) is 17.1. The number of unbranched alkanes of at least 4 members (excludes halogenated alkanes) is 1. The van der Waals surface area contributed by atoms with E-state index in [-0.39, 0.29) is 17.2 Å². The minimum Gasteiger partial charge on any atom is -0.356 e. The third kappa shape index (κ3) is 4.50. The van der Waals surface area contributed by atoms with Gasteiger partial charge in [-0.15, -0.1) is 0 Å². The molecule has 1 N–H and O–H groups in total. The van der Waals surface area contributed by atoms with E-state index < -0.39 is 0 Å². The van der Waals surface area contributed by atoms with Crippen LogP contribution < -0.4 is 5.32 Å². The van der Waals surface area contributed by atoms with Gasteiger partial charge in [0.05, 0.1) is 0 Å². The number of hydrogen-bond acceptors (Lipinski definition) is 6. The van der Waals surface area contributed by atoms with Crippen LogP contribution in [0.5, 0.6) is 0 Å². The number of imide groups is 1. The number of carbonyl (C=O) groups is 2. The van der Waals surface area contributed by atoms with Gasteiger partial charge in [0.25, 0.3) is 0 Å². The highest BCUT2D eigenvalue weighted by Gasteiger charge is 2.44. The molecule has 4 rings (SSSR count). The summed E-state index contributed by atoms with van der Waals surface area (Å²) in [6, 6.07) is 0. The first-order valence-corrected chi connectivity index (χ1v) is 11.2. The highest BCUT2D eigenvalue weighted by atomic mass is 16.2. The van der Waals surface area contributed by atoms with Crippen molar-refractivity contribution in [3.63, 3.8) is 0 Å². The first kappa shape index (κ1) is 19.7. The Morgan fingerprint density at radius 2 is 1.57 bits per heavy atom. The van der Waals surface area contributed by atoms with Gasteiger partial charge in [0, 0.05) is 58.7 Å². The van der Waals surface area contributed by atoms with E-state index in [4.69, 9.17) is 0 Å². The lowest BCUT2D eigenvalue weighted by atomic mass is 9.76. The zero-order valence-corrected chi connectivity index (χ0v) is 17.1. The molecule has 1 aliphatic carbocycles. The third-order valence-corrected chi connectivity index (χ3v) is 6.98. The summed E-state index contributed by atoms with van der Waals surface area (Å²) >= 11 is 0. The first-order chi connectivity index (χ1) is 13.7. The van der Waals surface area contributed by atoms with Crippen LogP contribution in [0.2, 0.25) is 0 Å². The summed E-state index contributed by atoms with van der Waals surface area (Å²) in [7, 11) is 0. The number of piperazine rings is 1. The van der Waals surface area contributed by atoms with E-state index in [1.54, 1.807) is 4.90 Å². The molecule has 3 fully saturated rings. The summed E-state index contributed by atoms with van der Waals surface area (Å²) in [5.41, 5.74) is 0.0157. The summed E-state index contributed by atoms with van der Waals surface area (Å²) in [4.78, 5) is 36.0. The molecule has 0 atom stereocenters. The zero-order chi connectivity index (χ0) is 19.4. The van der Waals surface area contributed by atoms with Crippen molar-refractivity contribution in [2.45, 2.75) is 57.8 Å². The Balaban J connectivity index is 1.14. The van der Waals surface area contributed by atoms with Gasteiger partial charge < -0.3 is 10.2 Å². The highest BCUT2D eigenvalue weighted by Crippen LogP contribution is 2.46. The summed E-state index contributed by atoms with van der Waals surface area (Å²) in [5.74, 6) is 1.23. The second kappa shape index (κ2) is 8.80. The van der Waals surface area contributed by atoms with Crippen molar-refractivity contribution >= 4 is 17.8 Å². The Bertz CT molecular complexity index is 586. The van der Waals surface area contributed by atoms with Crippen LogP contribution in [0.1, 0.15) is 57.8 Å². The number of likely N-dealkylation sites (tertiary alicyclic amines) is 1. The third-order valence-electron chi connectivity index (χ3n) is 6.98. The van der Waals surface area contributed by atoms with Gasteiger partial charge in [-0.2, -0.15) is 0 Å². The number of amides is 2. The second-order valence-electron chi connectivity index (χ2n) is 9.02. The Morgan fingerprint density at radius 3 is 2.21 bits per heavy atom. The Kier molecular flexibility index (Phi) is 6.19. The molecule has 1 saturated carbocycles. The van der Waals surface area contributed by atoms with E-state index in [0.29, 0.717) is 19.4 Å². The monoisotopic (exact) mass is 389 g/mol. The van der Waals surface area contributed by atoms with Crippen molar-refractivity contribution < 1.29 is 9.59 Å². The van der Waals surface area contributed by atoms with Crippen molar-refractivity contribution in [3.8, 4) is 0 Å². The molecule has 3 aliphatic heterocycles. The average Bonchev–Trinajstić information content (AvgIpc) is 3.15. The topological polar surface area (TPSA) is 68.2 Å². The Morgan fingerprint density at radius 1 is 0.893 bits per heavy atom. The fourth-order valence-electron chi connectivity index (χ4n) is 5.28. The molecule has 1 spiro atoms. The van der Waals surface area contributed by atoms with Gasteiger partial charge in [-0.25, -0.2) is 0 Å². The Labute approximate surface area is 168 Å². The van der Waals surface area contributed by atoms with Crippen LogP contribution in [-0.2, 0) is 9.59 Å². The SMILES string of the molecule is O=C1CC2(CCCC2)CC(=O)N1CCCCN1CCN(C2=NCCCN2)CC1. The van der Waals surface area contributed by atoms with E-state index in [9.17, 15) is 9.59 Å². The minimum absolute atomic E-state index is 0.0157. The summed E-state index contributed by atoms with van der Waals surface area (Å²) in [6.07, 6.45) is 8.76. The molecular weight excluding hydrogens is 354 g/mol. The van der Waals surface area contributed by atoms with Crippen LogP contribution in [0.3, 0.4) is 0 Å². The number of aliphatic imine (C=N–C) groups is 1. The molecule has 4 aliphatic rings. The van der Waals surface area contributed by atoms with Gasteiger partial charge in [0.2, 0.25) is 11.8 Å². The molecule has 0 bridgehead atoms. The van der Waals surface area contributed by atoms with Gasteiger partial charge >= 0.3 is 0 Å². The first-order valence-electron chi connectivity index (χ1n) is 11.2. The largest absolute Gasteiger partial charge is 0.356 e. The quantitative estimate of drug-likeness (QED) is 0.569. The van der Waals surface area contributed by atoms with Crippen LogP contribution in [0.25, 0.3) is 0 Å². The maximum absolute atomic E-state index is 12.5. The maximum Gasteiger partial charge on any atom is 0.229 e. The molecule has 0 aromatic rings. The second-order valence-corrected chi connectivity index (χ2v) is 9.02. The smallest absolute Gasteiger partial charge is 0.229 e. The van der Waals surface area contributed by atoms with Crippen molar-refractivity contribution in [3.05, 3.63) is 0 Å². The number of piperidine rings is 1. The lowest BCUT2D eigenvalue weighted by Crippen LogP contribution is -2.53. The van der Waals surface area contributed by atoms with Crippen LogP contribution in [0, 0.1) is 5.41 Å². The lowest BCUT2D eigenvalue weighted by molar-refractivity contribution is -0.153. The molecule has 0 unspecified atom stereocenters. The molecule has 0 radical (unpaired) electrons. The molecule has 2 amide bonds. The molecular formula is C21H35N5O2. The molecule has 0 aromatic carbocycles. The molecule has 7 nitrogen and oxygen atoms in total. The van der Waals surface area contributed by atoms with Crippen LogP contribution in [0.15, 0.2) is 4.99 Å². The van der Waals surface area contributed by atoms with Gasteiger partial charge in [-0.3, -0.25) is 24.4 Å². The van der Waals surface area contributed by atoms with E-state index in [1.165, 1.54) is 12.8 Å². The molecule has 7 heteroatoms. The molecule has 3 heterocycles. The van der Waals surface area contributed by atoms with E-state index in [2.05, 4.69) is 20.1 Å². The van der Waals surface area contributed by atoms with Crippen LogP contribution in [0.4, 0.5) is 0 Å². The van der Waals surface area contributed by atoms with Crippen LogP contribution in [-0.4, -0.2) is 84.8 Å². The number of nitrogens with one attached hydrogen (secondary N) is 1. The van der Waals surface area contributed by atoms with Crippen LogP contribution >= 0.6 is 0 Å². The molecule has 156 valence electrons. The van der Waals surface area contributed by atoms with Gasteiger partial charge in [-0.05, 0) is 44.1 Å². The predicted octanol–water partition coefficient (Wildman–Crippen LogP) is 1.44. The standard InChI is InChI=1S/C21H35N5O2/c27-18-16-21(6-1-2-7-21)17-19(28)26(18)11-4-3-10-24-12-14-25(15-13-24)20-22-8-5-9-23-20/h1-17H2,(H,22,23). The fourth-order valence-corrected chi connectivity index (χ4v) is 5.28. The predicted molar refractivity (Wildman–Crippen MR) is 109 cm³/mol. The number of carbonyl (C=O) groups excluding carboxylic acids is 2. The van der Waals surface area contributed by atoms with Gasteiger partial charge in [0.1, 0.15) is 0 Å². The number of hydrogen-bond donors (Lipinski definition) is 1. The molecule has 28 heavy (non-hydrogen) atoms. The van der Waals surface area contributed by atoms with Crippen molar-refractivity contribution in [1.29, 1.82) is 0 Å². The number of rotatable bonds is 5. The van der Waals surface area contributed by atoms with Gasteiger partial charge in [0.15, 0.2) is 5.96 Å². The van der Waals surface area contributed by atoms with E-state index in [0.717, 1.165) is 83.9 Å². The number of nitrogens with zero attached hydrogens (tertiary/aromatic N) is 4. The minimum atomic E-state index is 0.0157. The summed E-state index contributed by atoms with van der Waals surface area (Å²) in [6.45, 7) is 7.80. The average molecular weight is 390 g/mol. The summed E-state index contributed by atoms with van der Waals surface area (Å²) in [5, 5.41) is 3.41. The fraction of sp³-hybridized carbons (Fsp3) is 0.857. The summed E-state index contributed by atoms with van der Waals surface area (Å²) < 4.78 is 0. The number of guanidine groups is 1. The van der Waals surface area contributed by atoms with Gasteiger partial charge in [-0.1, -0.05) is 12.8 Å². The molecule has 0 aromatic heterocycles.